The molecule has 11 heteroatoms. The Hall–Kier alpha value is -3.28. The van der Waals surface area contributed by atoms with Crippen LogP contribution in [-0.4, -0.2) is 24.6 Å². The number of carbonyl (C=O) groups excluding carboxylic acids is 1. The van der Waals surface area contributed by atoms with E-state index in [9.17, 15) is 22.3 Å². The molecule has 1 aromatic heterocycles. The van der Waals surface area contributed by atoms with Gasteiger partial charge >= 0.3 is 0 Å². The Morgan fingerprint density at radius 1 is 1.06 bits per heavy atom. The van der Waals surface area contributed by atoms with Crippen molar-refractivity contribution in [2.75, 3.05) is 4.31 Å². The highest BCUT2D eigenvalue weighted by Crippen LogP contribution is 2.35. The second-order valence-corrected chi connectivity index (χ2v) is 8.55. The lowest BCUT2D eigenvalue weighted by atomic mass is 10.1. The molecule has 0 radical (unpaired) electrons. The lowest BCUT2D eigenvalue weighted by molar-refractivity contribution is 0.0951. The number of nitrogens with one attached hydrogen (secondary N) is 1. The predicted molar refractivity (Wildman–Crippen MR) is 124 cm³/mol. The van der Waals surface area contributed by atoms with Crippen molar-refractivity contribution in [2.45, 2.75) is 6.54 Å². The van der Waals surface area contributed by atoms with Gasteiger partial charge in [0.1, 0.15) is 17.2 Å². The van der Waals surface area contributed by atoms with Gasteiger partial charge in [0.05, 0.1) is 22.5 Å². The third-order valence-electron chi connectivity index (χ3n) is 4.73. The van der Waals surface area contributed by atoms with E-state index in [0.717, 1.165) is 16.4 Å². The SMILES string of the molecule is O=C(NCc1ccc(F)cc1F)c1ccc(Br)cc1N(c1cccc2nccnc12)S(=O)O. The zero-order valence-electron chi connectivity index (χ0n) is 16.7. The van der Waals surface area contributed by atoms with Crippen molar-refractivity contribution in [3.8, 4) is 0 Å². The first kappa shape index (κ1) is 22.9. The Morgan fingerprint density at radius 2 is 1.85 bits per heavy atom. The smallest absolute Gasteiger partial charge is 0.266 e. The molecule has 0 saturated heterocycles. The maximum Gasteiger partial charge on any atom is 0.266 e. The van der Waals surface area contributed by atoms with E-state index in [4.69, 9.17) is 0 Å². The molecule has 1 heterocycles. The molecular formula is C22H15BrF2N4O3S. The maximum absolute atomic E-state index is 13.9. The number of amides is 1. The van der Waals surface area contributed by atoms with Gasteiger partial charge in [-0.2, -0.15) is 0 Å². The summed E-state index contributed by atoms with van der Waals surface area (Å²) >= 11 is 0.746. The highest BCUT2D eigenvalue weighted by Gasteiger charge is 2.25. The fourth-order valence-electron chi connectivity index (χ4n) is 3.24. The van der Waals surface area contributed by atoms with E-state index >= 15 is 0 Å². The fourth-order valence-corrected chi connectivity index (χ4v) is 4.22. The number of para-hydroxylation sites is 1. The van der Waals surface area contributed by atoms with E-state index in [1.54, 1.807) is 24.3 Å². The van der Waals surface area contributed by atoms with Gasteiger partial charge in [0, 0.05) is 35.0 Å². The first-order valence-electron chi connectivity index (χ1n) is 9.47. The topological polar surface area (TPSA) is 95.4 Å². The van der Waals surface area contributed by atoms with Crippen LogP contribution in [0, 0.1) is 11.6 Å². The Morgan fingerprint density at radius 3 is 2.61 bits per heavy atom. The van der Waals surface area contributed by atoms with Crippen LogP contribution >= 0.6 is 15.9 Å². The van der Waals surface area contributed by atoms with E-state index in [-0.39, 0.29) is 29.0 Å². The summed E-state index contributed by atoms with van der Waals surface area (Å²) in [6, 6.07) is 12.6. The van der Waals surface area contributed by atoms with Crippen LogP contribution in [-0.2, 0) is 17.8 Å². The van der Waals surface area contributed by atoms with Crippen molar-refractivity contribution in [2.24, 2.45) is 0 Å². The highest BCUT2D eigenvalue weighted by molar-refractivity contribution is 9.10. The van der Waals surface area contributed by atoms with Gasteiger partial charge in [-0.05, 0) is 36.4 Å². The summed E-state index contributed by atoms with van der Waals surface area (Å²) in [6.45, 7) is -0.206. The molecule has 0 aliphatic carbocycles. The number of rotatable bonds is 6. The number of fused-ring (bicyclic) bond motifs is 1. The number of halogens is 3. The lowest BCUT2D eigenvalue weighted by Crippen LogP contribution is -2.28. The molecule has 0 aliphatic heterocycles. The molecule has 33 heavy (non-hydrogen) atoms. The van der Waals surface area contributed by atoms with Crippen molar-refractivity contribution in [1.82, 2.24) is 15.3 Å². The fraction of sp³-hybridized carbons (Fsp3) is 0.0455. The van der Waals surface area contributed by atoms with Crippen molar-refractivity contribution in [1.29, 1.82) is 0 Å². The number of benzene rings is 3. The first-order valence-corrected chi connectivity index (χ1v) is 11.3. The number of carbonyl (C=O) groups is 1. The van der Waals surface area contributed by atoms with Gasteiger partial charge < -0.3 is 5.32 Å². The van der Waals surface area contributed by atoms with Crippen LogP contribution in [0.3, 0.4) is 0 Å². The van der Waals surface area contributed by atoms with Gasteiger partial charge in [0.2, 0.25) is 0 Å². The summed E-state index contributed by atoms with van der Waals surface area (Å²) in [5.41, 5.74) is 1.39. The second kappa shape index (κ2) is 9.69. The monoisotopic (exact) mass is 532 g/mol. The molecule has 1 atom stereocenters. The molecule has 3 aromatic carbocycles. The van der Waals surface area contributed by atoms with Gasteiger partial charge in [0.15, 0.2) is 0 Å². The summed E-state index contributed by atoms with van der Waals surface area (Å²) < 4.78 is 51.3. The quantitative estimate of drug-likeness (QED) is 0.345. The zero-order chi connectivity index (χ0) is 23.5. The summed E-state index contributed by atoms with van der Waals surface area (Å²) in [7, 11) is 0. The number of nitrogens with zero attached hydrogens (tertiary/aromatic N) is 3. The lowest BCUT2D eigenvalue weighted by Gasteiger charge is -2.23. The molecule has 0 spiro atoms. The van der Waals surface area contributed by atoms with Crippen molar-refractivity contribution in [3.63, 3.8) is 0 Å². The van der Waals surface area contributed by atoms with E-state index in [2.05, 4.69) is 31.2 Å². The largest absolute Gasteiger partial charge is 0.348 e. The molecular weight excluding hydrogens is 518 g/mol. The Labute approximate surface area is 198 Å². The predicted octanol–water partition coefficient (Wildman–Crippen LogP) is 4.88. The van der Waals surface area contributed by atoms with E-state index in [1.807, 2.05) is 0 Å². The summed E-state index contributed by atoms with van der Waals surface area (Å²) in [4.78, 5) is 21.5. The van der Waals surface area contributed by atoms with Crippen molar-refractivity contribution < 1.29 is 22.3 Å². The highest BCUT2D eigenvalue weighted by atomic mass is 79.9. The van der Waals surface area contributed by atoms with Gasteiger partial charge in [0.25, 0.3) is 17.2 Å². The molecule has 4 aromatic rings. The molecule has 4 rings (SSSR count). The number of anilines is 2. The minimum absolute atomic E-state index is 0.0593. The van der Waals surface area contributed by atoms with Gasteiger partial charge in [-0.25, -0.2) is 17.3 Å². The summed E-state index contributed by atoms with van der Waals surface area (Å²) in [6.07, 6.45) is 2.95. The Kier molecular flexibility index (Phi) is 6.72. The molecule has 2 N–H and O–H groups in total. The number of hydrogen-bond acceptors (Lipinski definition) is 4. The molecule has 0 fully saturated rings. The van der Waals surface area contributed by atoms with Crippen LogP contribution in [0.15, 0.2) is 71.5 Å². The Bertz CT molecular complexity index is 1380. The van der Waals surface area contributed by atoms with E-state index in [1.165, 1.54) is 30.6 Å². The number of aromatic nitrogens is 2. The van der Waals surface area contributed by atoms with E-state index < -0.39 is 28.8 Å². The van der Waals surface area contributed by atoms with Gasteiger partial charge in [-0.1, -0.05) is 28.1 Å². The average Bonchev–Trinajstić information content (AvgIpc) is 2.78. The van der Waals surface area contributed by atoms with Crippen LogP contribution < -0.4 is 9.62 Å². The van der Waals surface area contributed by atoms with Crippen molar-refractivity contribution in [3.05, 3.63) is 94.2 Å². The molecule has 0 bridgehead atoms. The van der Waals surface area contributed by atoms with Crippen LogP contribution in [0.2, 0.25) is 0 Å². The maximum atomic E-state index is 13.9. The summed E-state index contributed by atoms with van der Waals surface area (Å²) in [5.74, 6) is -2.14. The standard InChI is InChI=1S/C22H15BrF2N4O3S/c23-14-5-7-16(22(30)28-12-13-4-6-15(24)11-17(13)25)20(10-14)29(33(31)32)19-3-1-2-18-21(19)27-9-8-26-18/h1-11H,12H2,(H,28,30)(H,31,32). The van der Waals surface area contributed by atoms with Gasteiger partial charge in [-0.3, -0.25) is 19.3 Å². The van der Waals surface area contributed by atoms with Crippen LogP contribution in [0.5, 0.6) is 0 Å². The minimum Gasteiger partial charge on any atom is -0.348 e. The van der Waals surface area contributed by atoms with Crippen LogP contribution in [0.4, 0.5) is 20.2 Å². The first-order chi connectivity index (χ1) is 15.8. The number of hydrogen-bond donors (Lipinski definition) is 2. The average molecular weight is 533 g/mol. The molecule has 0 aliphatic rings. The molecule has 1 amide bonds. The molecule has 7 nitrogen and oxygen atoms in total. The minimum atomic E-state index is -2.58. The molecule has 0 saturated carbocycles. The second-order valence-electron chi connectivity index (χ2n) is 6.81. The normalized spacial score (nSPS) is 11.9. The van der Waals surface area contributed by atoms with Crippen LogP contribution in [0.25, 0.3) is 11.0 Å². The molecule has 1 unspecified atom stereocenters. The summed E-state index contributed by atoms with van der Waals surface area (Å²) in [5, 5.41) is 2.57. The third kappa shape index (κ3) is 4.90. The molecule has 168 valence electrons. The van der Waals surface area contributed by atoms with E-state index in [0.29, 0.717) is 15.5 Å². The van der Waals surface area contributed by atoms with Crippen molar-refractivity contribution >= 4 is 55.5 Å². The van der Waals surface area contributed by atoms with Crippen LogP contribution in [0.1, 0.15) is 15.9 Å². The third-order valence-corrected chi connectivity index (χ3v) is 5.93. The zero-order valence-corrected chi connectivity index (χ0v) is 19.1. The Balaban J connectivity index is 1.74. The van der Waals surface area contributed by atoms with Gasteiger partial charge in [-0.15, -0.1) is 0 Å².